The Morgan fingerprint density at radius 2 is 1.95 bits per heavy atom. The van der Waals surface area contributed by atoms with Crippen LogP contribution in [0.4, 0.5) is 0 Å². The molecule has 4 nitrogen and oxygen atoms in total. The summed E-state index contributed by atoms with van der Waals surface area (Å²) >= 11 is 0. The molecule has 20 heavy (non-hydrogen) atoms. The first-order chi connectivity index (χ1) is 9.28. The SMILES string of the molecule is COC(=O)CNC1CCN(Cc2ccccc2)CC1.Cl. The minimum Gasteiger partial charge on any atom is -0.468 e. The van der Waals surface area contributed by atoms with Gasteiger partial charge in [-0.25, -0.2) is 0 Å². The van der Waals surface area contributed by atoms with Crippen LogP contribution >= 0.6 is 12.4 Å². The number of carbonyl (C=O) groups excluding carboxylic acids is 1. The van der Waals surface area contributed by atoms with Gasteiger partial charge in [0, 0.05) is 12.6 Å². The molecule has 1 aromatic rings. The van der Waals surface area contributed by atoms with Gasteiger partial charge in [-0.05, 0) is 31.5 Å². The van der Waals surface area contributed by atoms with E-state index in [1.165, 1.54) is 12.7 Å². The van der Waals surface area contributed by atoms with Crippen molar-refractivity contribution in [2.45, 2.75) is 25.4 Å². The number of rotatable bonds is 5. The third kappa shape index (κ3) is 5.49. The molecule has 0 radical (unpaired) electrons. The van der Waals surface area contributed by atoms with Gasteiger partial charge in [0.25, 0.3) is 0 Å². The van der Waals surface area contributed by atoms with Crippen molar-refractivity contribution in [3.05, 3.63) is 35.9 Å². The van der Waals surface area contributed by atoms with Crippen LogP contribution in [0.25, 0.3) is 0 Å². The second kappa shape index (κ2) is 8.95. The molecule has 0 aromatic heterocycles. The van der Waals surface area contributed by atoms with Gasteiger partial charge in [-0.3, -0.25) is 9.69 Å². The topological polar surface area (TPSA) is 41.6 Å². The molecule has 1 aliphatic heterocycles. The van der Waals surface area contributed by atoms with E-state index < -0.39 is 0 Å². The maximum Gasteiger partial charge on any atom is 0.319 e. The van der Waals surface area contributed by atoms with Crippen molar-refractivity contribution in [1.82, 2.24) is 10.2 Å². The highest BCUT2D eigenvalue weighted by atomic mass is 35.5. The van der Waals surface area contributed by atoms with Crippen molar-refractivity contribution < 1.29 is 9.53 Å². The highest BCUT2D eigenvalue weighted by Gasteiger charge is 2.19. The van der Waals surface area contributed by atoms with Gasteiger partial charge in [-0.1, -0.05) is 30.3 Å². The van der Waals surface area contributed by atoms with Gasteiger partial charge >= 0.3 is 5.97 Å². The number of nitrogens with one attached hydrogen (secondary N) is 1. The molecule has 1 aliphatic rings. The summed E-state index contributed by atoms with van der Waals surface area (Å²) in [5.74, 6) is -0.188. The smallest absolute Gasteiger partial charge is 0.319 e. The van der Waals surface area contributed by atoms with Crippen molar-refractivity contribution in [2.75, 3.05) is 26.7 Å². The van der Waals surface area contributed by atoms with Gasteiger partial charge in [-0.2, -0.15) is 0 Å². The fourth-order valence-electron chi connectivity index (χ4n) is 2.44. The van der Waals surface area contributed by atoms with Crippen LogP contribution in [0.5, 0.6) is 0 Å². The summed E-state index contributed by atoms with van der Waals surface area (Å²) in [7, 11) is 1.42. The van der Waals surface area contributed by atoms with Crippen LogP contribution in [-0.4, -0.2) is 43.7 Å². The standard InChI is InChI=1S/C15H22N2O2.ClH/c1-19-15(18)11-16-14-7-9-17(10-8-14)12-13-5-3-2-4-6-13;/h2-6,14,16H,7-12H2,1H3;1H. The number of methoxy groups -OCH3 is 1. The number of hydrogen-bond acceptors (Lipinski definition) is 4. The van der Waals surface area contributed by atoms with E-state index in [1.807, 2.05) is 6.07 Å². The van der Waals surface area contributed by atoms with E-state index in [9.17, 15) is 4.79 Å². The number of likely N-dealkylation sites (tertiary alicyclic amines) is 1. The molecule has 112 valence electrons. The Balaban J connectivity index is 0.00000200. The monoisotopic (exact) mass is 298 g/mol. The van der Waals surface area contributed by atoms with Crippen molar-refractivity contribution in [3.8, 4) is 0 Å². The van der Waals surface area contributed by atoms with E-state index in [2.05, 4.69) is 39.2 Å². The van der Waals surface area contributed by atoms with E-state index in [1.54, 1.807) is 0 Å². The van der Waals surface area contributed by atoms with E-state index in [0.29, 0.717) is 12.6 Å². The van der Waals surface area contributed by atoms with Crippen molar-refractivity contribution in [1.29, 1.82) is 0 Å². The fourth-order valence-corrected chi connectivity index (χ4v) is 2.44. The van der Waals surface area contributed by atoms with E-state index in [-0.39, 0.29) is 18.4 Å². The summed E-state index contributed by atoms with van der Waals surface area (Å²) in [4.78, 5) is 13.5. The number of esters is 1. The third-order valence-corrected chi connectivity index (χ3v) is 3.60. The molecule has 1 saturated heterocycles. The molecule has 0 atom stereocenters. The summed E-state index contributed by atoms with van der Waals surface area (Å²) in [5, 5.41) is 3.26. The summed E-state index contributed by atoms with van der Waals surface area (Å²) in [6.07, 6.45) is 2.17. The van der Waals surface area contributed by atoms with Crippen LogP contribution in [0, 0.1) is 0 Å². The number of benzene rings is 1. The zero-order chi connectivity index (χ0) is 13.5. The maximum absolute atomic E-state index is 11.1. The molecule has 0 aliphatic carbocycles. The summed E-state index contributed by atoms with van der Waals surface area (Å²) in [6, 6.07) is 11.0. The highest BCUT2D eigenvalue weighted by molar-refractivity contribution is 5.85. The molecule has 0 bridgehead atoms. The zero-order valence-electron chi connectivity index (χ0n) is 11.9. The molecule has 1 heterocycles. The molecule has 1 aromatic carbocycles. The van der Waals surface area contributed by atoms with Crippen LogP contribution in [-0.2, 0) is 16.1 Å². The average Bonchev–Trinajstić information content (AvgIpc) is 2.47. The molecule has 1 fully saturated rings. The maximum atomic E-state index is 11.1. The zero-order valence-corrected chi connectivity index (χ0v) is 12.7. The van der Waals surface area contributed by atoms with Crippen molar-refractivity contribution >= 4 is 18.4 Å². The third-order valence-electron chi connectivity index (χ3n) is 3.60. The molecule has 0 spiro atoms. The Morgan fingerprint density at radius 1 is 1.30 bits per heavy atom. The van der Waals surface area contributed by atoms with Crippen LogP contribution < -0.4 is 5.32 Å². The second-order valence-corrected chi connectivity index (χ2v) is 4.99. The summed E-state index contributed by atoms with van der Waals surface area (Å²) < 4.78 is 4.63. The van der Waals surface area contributed by atoms with E-state index >= 15 is 0 Å². The van der Waals surface area contributed by atoms with Crippen LogP contribution in [0.2, 0.25) is 0 Å². The predicted molar refractivity (Wildman–Crippen MR) is 82.0 cm³/mol. The van der Waals surface area contributed by atoms with Gasteiger partial charge in [0.1, 0.15) is 0 Å². The Morgan fingerprint density at radius 3 is 2.55 bits per heavy atom. The number of carbonyl (C=O) groups is 1. The number of halogens is 1. The Kier molecular flexibility index (Phi) is 7.59. The molecule has 0 amide bonds. The van der Waals surface area contributed by atoms with E-state index in [0.717, 1.165) is 32.5 Å². The predicted octanol–water partition coefficient (Wildman–Crippen LogP) is 1.84. The quantitative estimate of drug-likeness (QED) is 0.842. The second-order valence-electron chi connectivity index (χ2n) is 4.99. The normalized spacial score (nSPS) is 16.4. The lowest BCUT2D eigenvalue weighted by Crippen LogP contribution is -2.43. The number of hydrogen-bond donors (Lipinski definition) is 1. The Labute approximate surface area is 126 Å². The number of piperidine rings is 1. The van der Waals surface area contributed by atoms with Gasteiger partial charge in [0.15, 0.2) is 0 Å². The van der Waals surface area contributed by atoms with E-state index in [4.69, 9.17) is 0 Å². The van der Waals surface area contributed by atoms with Gasteiger partial charge in [0.05, 0.1) is 13.7 Å². The van der Waals surface area contributed by atoms with Gasteiger partial charge in [0.2, 0.25) is 0 Å². The molecule has 0 saturated carbocycles. The van der Waals surface area contributed by atoms with Gasteiger partial charge in [-0.15, -0.1) is 12.4 Å². The molecule has 2 rings (SSSR count). The lowest BCUT2D eigenvalue weighted by molar-refractivity contribution is -0.139. The van der Waals surface area contributed by atoms with Crippen LogP contribution in [0.15, 0.2) is 30.3 Å². The average molecular weight is 299 g/mol. The molecule has 0 unspecified atom stereocenters. The van der Waals surface area contributed by atoms with Crippen LogP contribution in [0.1, 0.15) is 18.4 Å². The van der Waals surface area contributed by atoms with Crippen LogP contribution in [0.3, 0.4) is 0 Å². The Hall–Kier alpha value is -1.10. The molecular weight excluding hydrogens is 276 g/mol. The molecule has 1 N–H and O–H groups in total. The first-order valence-electron chi connectivity index (χ1n) is 6.84. The van der Waals surface area contributed by atoms with Crippen molar-refractivity contribution in [2.24, 2.45) is 0 Å². The van der Waals surface area contributed by atoms with Gasteiger partial charge < -0.3 is 10.1 Å². The first-order valence-corrected chi connectivity index (χ1v) is 6.84. The Bertz CT molecular complexity index is 392. The first kappa shape index (κ1) is 17.0. The summed E-state index contributed by atoms with van der Waals surface area (Å²) in [6.45, 7) is 3.49. The number of ether oxygens (including phenoxy) is 1. The lowest BCUT2D eigenvalue weighted by atomic mass is 10.0. The highest BCUT2D eigenvalue weighted by Crippen LogP contribution is 2.13. The van der Waals surface area contributed by atoms with Crippen molar-refractivity contribution in [3.63, 3.8) is 0 Å². The number of nitrogens with zero attached hydrogens (tertiary/aromatic N) is 1. The minimum absolute atomic E-state index is 0. The largest absolute Gasteiger partial charge is 0.468 e. The molecule has 5 heteroatoms. The minimum atomic E-state index is -0.188. The summed E-state index contributed by atoms with van der Waals surface area (Å²) in [5.41, 5.74) is 1.36. The fraction of sp³-hybridized carbons (Fsp3) is 0.533. The lowest BCUT2D eigenvalue weighted by Gasteiger charge is -2.32. The molecular formula is C15H23ClN2O2.